The first-order valence-electron chi connectivity index (χ1n) is 6.74. The van der Waals surface area contributed by atoms with Crippen molar-refractivity contribution in [2.24, 2.45) is 12.0 Å². The zero-order chi connectivity index (χ0) is 18.7. The van der Waals surface area contributed by atoms with Crippen LogP contribution in [0.15, 0.2) is 26.8 Å². The minimum absolute atomic E-state index is 0.0772. The Hall–Kier alpha value is -2.45. The number of nitrogens with zero attached hydrogens (tertiary/aromatic N) is 4. The highest BCUT2D eigenvalue weighted by Crippen LogP contribution is 2.39. The smallest absolute Gasteiger partial charge is 0.271 e. The van der Waals surface area contributed by atoms with Crippen LogP contribution in [0, 0.1) is 28.9 Å². The van der Waals surface area contributed by atoms with Crippen molar-refractivity contribution in [3.63, 3.8) is 0 Å². The van der Waals surface area contributed by atoms with Crippen molar-refractivity contribution in [1.82, 2.24) is 4.57 Å². The molecule has 0 aliphatic heterocycles. The number of thiocyanates is 1. The van der Waals surface area contributed by atoms with Crippen molar-refractivity contribution >= 4 is 46.9 Å². The van der Waals surface area contributed by atoms with Gasteiger partial charge in [0.05, 0.1) is 21.3 Å². The van der Waals surface area contributed by atoms with E-state index < -0.39 is 5.56 Å². The lowest BCUT2D eigenvalue weighted by Crippen LogP contribution is -2.22. The molecule has 0 saturated heterocycles. The number of aromatic hydroxyl groups is 1. The Morgan fingerprint density at radius 3 is 2.60 bits per heavy atom. The number of thioether (sulfide) groups is 1. The van der Waals surface area contributed by atoms with Crippen LogP contribution in [0.5, 0.6) is 5.88 Å². The average molecular weight is 393 g/mol. The Bertz CT molecular complexity index is 1030. The van der Waals surface area contributed by atoms with Crippen molar-refractivity contribution in [2.45, 2.75) is 11.8 Å². The van der Waals surface area contributed by atoms with Crippen LogP contribution in [-0.2, 0) is 7.05 Å². The lowest BCUT2D eigenvalue weighted by molar-refractivity contribution is 0.421. The molecule has 1 heterocycles. The molecule has 25 heavy (non-hydrogen) atoms. The maximum Gasteiger partial charge on any atom is 0.271 e. The summed E-state index contributed by atoms with van der Waals surface area (Å²) in [7, 11) is 1.35. The van der Waals surface area contributed by atoms with Gasteiger partial charge >= 0.3 is 0 Å². The summed E-state index contributed by atoms with van der Waals surface area (Å²) in [6.07, 6.45) is 1.31. The van der Waals surface area contributed by atoms with Gasteiger partial charge in [-0.15, -0.1) is 0 Å². The monoisotopic (exact) mass is 392 g/mol. The van der Waals surface area contributed by atoms with E-state index in [2.05, 4.69) is 4.99 Å². The summed E-state index contributed by atoms with van der Waals surface area (Å²) in [5.74, 6) is -0.316. The molecule has 0 aliphatic rings. The quantitative estimate of drug-likeness (QED) is 0.484. The van der Waals surface area contributed by atoms with Crippen LogP contribution in [-0.4, -0.2) is 15.9 Å². The van der Waals surface area contributed by atoms with Crippen LogP contribution in [0.4, 0.5) is 5.69 Å². The van der Waals surface area contributed by atoms with Crippen LogP contribution < -0.4 is 5.56 Å². The third-order valence-corrected chi connectivity index (χ3v) is 5.12. The van der Waals surface area contributed by atoms with Crippen molar-refractivity contribution in [3.05, 3.63) is 49.2 Å². The number of nitriles is 2. The summed E-state index contributed by atoms with van der Waals surface area (Å²) in [4.78, 5) is 16.6. The molecule has 9 heteroatoms. The van der Waals surface area contributed by atoms with Crippen LogP contribution in [0.2, 0.25) is 10.0 Å². The van der Waals surface area contributed by atoms with Gasteiger partial charge in [-0.05, 0) is 36.4 Å². The molecule has 2 rings (SSSR count). The molecule has 6 nitrogen and oxygen atoms in total. The topological polar surface area (TPSA) is 102 Å². The van der Waals surface area contributed by atoms with Gasteiger partial charge in [-0.3, -0.25) is 14.4 Å². The lowest BCUT2D eigenvalue weighted by atomic mass is 10.1. The molecule has 0 saturated carbocycles. The number of halogens is 2. The van der Waals surface area contributed by atoms with Gasteiger partial charge in [0.25, 0.3) is 5.56 Å². The van der Waals surface area contributed by atoms with E-state index >= 15 is 0 Å². The minimum atomic E-state index is -0.589. The molecule has 2 aromatic rings. The van der Waals surface area contributed by atoms with Crippen molar-refractivity contribution in [2.75, 3.05) is 0 Å². The molecule has 1 aromatic carbocycles. The normalized spacial score (nSPS) is 10.6. The maximum atomic E-state index is 11.9. The zero-order valence-corrected chi connectivity index (χ0v) is 15.4. The fourth-order valence-electron chi connectivity index (χ4n) is 2.08. The van der Waals surface area contributed by atoms with Gasteiger partial charge in [-0.2, -0.15) is 10.5 Å². The number of pyridine rings is 1. The van der Waals surface area contributed by atoms with Crippen LogP contribution >= 0.6 is 35.0 Å². The third kappa shape index (κ3) is 3.49. The van der Waals surface area contributed by atoms with Crippen molar-refractivity contribution < 1.29 is 5.11 Å². The number of rotatable bonds is 3. The van der Waals surface area contributed by atoms with Gasteiger partial charge in [0.2, 0.25) is 5.88 Å². The Kier molecular flexibility index (Phi) is 5.76. The van der Waals surface area contributed by atoms with E-state index in [1.54, 1.807) is 19.1 Å². The number of aliphatic imine (C=N–C) groups is 1. The summed E-state index contributed by atoms with van der Waals surface area (Å²) in [6, 6.07) is 5.00. The molecule has 0 spiro atoms. The van der Waals surface area contributed by atoms with E-state index in [4.69, 9.17) is 33.7 Å². The number of hydrogen-bond donors (Lipinski definition) is 1. The Morgan fingerprint density at radius 2 is 2.00 bits per heavy atom. The van der Waals surface area contributed by atoms with E-state index in [0.29, 0.717) is 16.1 Å². The molecule has 0 unspecified atom stereocenters. The minimum Gasteiger partial charge on any atom is -0.494 e. The SMILES string of the molecule is Cc1c(C=Nc2ccc(SC#N)c(Cl)c2Cl)c(O)n(C)c(=O)c1C#N. The van der Waals surface area contributed by atoms with Crippen LogP contribution in [0.3, 0.4) is 0 Å². The Balaban J connectivity index is 2.57. The molecule has 0 fully saturated rings. The maximum absolute atomic E-state index is 11.9. The van der Waals surface area contributed by atoms with Crippen molar-refractivity contribution in [3.8, 4) is 17.4 Å². The summed E-state index contributed by atoms with van der Waals surface area (Å²) in [6.45, 7) is 1.54. The average Bonchev–Trinajstić information content (AvgIpc) is 2.59. The second-order valence-corrected chi connectivity index (χ2v) is 6.46. The van der Waals surface area contributed by atoms with Gasteiger partial charge in [0.15, 0.2) is 0 Å². The molecular weight excluding hydrogens is 383 g/mol. The molecule has 0 atom stereocenters. The summed E-state index contributed by atoms with van der Waals surface area (Å²) in [5, 5.41) is 30.3. The number of benzene rings is 1. The molecule has 0 aliphatic carbocycles. The second kappa shape index (κ2) is 7.62. The highest BCUT2D eigenvalue weighted by molar-refractivity contribution is 8.03. The molecule has 1 N–H and O–H groups in total. The highest BCUT2D eigenvalue weighted by atomic mass is 35.5. The summed E-state index contributed by atoms with van der Waals surface area (Å²) in [5.41, 5.74) is 0.187. The first-order chi connectivity index (χ1) is 11.8. The van der Waals surface area contributed by atoms with Crippen LogP contribution in [0.25, 0.3) is 0 Å². The third-order valence-electron chi connectivity index (χ3n) is 3.48. The largest absolute Gasteiger partial charge is 0.494 e. The van der Waals surface area contributed by atoms with Gasteiger partial charge in [0, 0.05) is 18.2 Å². The van der Waals surface area contributed by atoms with E-state index in [1.165, 1.54) is 13.3 Å². The molecule has 126 valence electrons. The number of hydrogen-bond acceptors (Lipinski definition) is 6. The summed E-state index contributed by atoms with van der Waals surface area (Å²) < 4.78 is 0.966. The Morgan fingerprint density at radius 1 is 1.32 bits per heavy atom. The van der Waals surface area contributed by atoms with Gasteiger partial charge in [-0.1, -0.05) is 23.2 Å². The first-order valence-corrected chi connectivity index (χ1v) is 8.31. The van der Waals surface area contributed by atoms with Gasteiger partial charge < -0.3 is 5.11 Å². The van der Waals surface area contributed by atoms with E-state index in [-0.39, 0.29) is 27.1 Å². The van der Waals surface area contributed by atoms with Crippen molar-refractivity contribution in [1.29, 1.82) is 10.5 Å². The van der Waals surface area contributed by atoms with Crippen LogP contribution in [0.1, 0.15) is 16.7 Å². The molecule has 0 radical (unpaired) electrons. The molecule has 0 bridgehead atoms. The summed E-state index contributed by atoms with van der Waals surface area (Å²) >= 11 is 13.1. The zero-order valence-electron chi connectivity index (χ0n) is 13.0. The van der Waals surface area contributed by atoms with E-state index in [1.807, 2.05) is 11.5 Å². The van der Waals surface area contributed by atoms with Gasteiger partial charge in [-0.25, -0.2) is 0 Å². The standard InChI is InChI=1S/C16H10Cl2N4O2S/c1-8-9(5-19)15(23)22(2)16(24)10(8)6-21-11-3-4-12(25-7-20)14(18)13(11)17/h3-4,6,24H,1-2H3. The van der Waals surface area contributed by atoms with E-state index in [0.717, 1.165) is 16.3 Å². The Labute approximate surface area is 157 Å². The number of aromatic nitrogens is 1. The van der Waals surface area contributed by atoms with Gasteiger partial charge in [0.1, 0.15) is 17.0 Å². The highest BCUT2D eigenvalue weighted by Gasteiger charge is 2.16. The lowest BCUT2D eigenvalue weighted by Gasteiger charge is -2.10. The fourth-order valence-corrected chi connectivity index (χ4v) is 3.05. The van der Waals surface area contributed by atoms with E-state index in [9.17, 15) is 9.90 Å². The fraction of sp³-hybridized carbons (Fsp3) is 0.125. The predicted molar refractivity (Wildman–Crippen MR) is 98.0 cm³/mol. The molecular formula is C16H10Cl2N4O2S. The molecule has 0 amide bonds. The molecule has 1 aromatic heterocycles. The second-order valence-electron chi connectivity index (χ2n) is 4.88. The first kappa shape index (κ1) is 18.9. The predicted octanol–water partition coefficient (Wildman–Crippen LogP) is 3.90.